The number of amides is 1. The van der Waals surface area contributed by atoms with E-state index in [-0.39, 0.29) is 17.5 Å². The highest BCUT2D eigenvalue weighted by Crippen LogP contribution is 2.25. The van der Waals surface area contributed by atoms with E-state index in [1.807, 2.05) is 0 Å². The molecular formula is C20H25N3O2. The average Bonchev–Trinajstić information content (AvgIpc) is 3.13. The molecule has 1 saturated heterocycles. The molecule has 1 aliphatic rings. The summed E-state index contributed by atoms with van der Waals surface area (Å²) < 4.78 is 1.42. The number of likely N-dealkylation sites (tertiary alicyclic amines) is 1. The number of hydrogen-bond acceptors (Lipinski definition) is 3. The molecule has 1 aromatic heterocycles. The minimum Gasteiger partial charge on any atom is -0.350 e. The standard InChI is InChI=1S/C20H25N3O2/c1-15-5-7-16(8-6-15)18(23-11-3-4-12-23)13-21-20(25)17-9-10-19(24)22(2)14-17/h5-10,14,18H,3-4,11-13H2,1-2H3,(H,21,25)/t18-/m0/s1. The maximum Gasteiger partial charge on any atom is 0.252 e. The van der Waals surface area contributed by atoms with E-state index in [9.17, 15) is 9.59 Å². The molecule has 2 heterocycles. The van der Waals surface area contributed by atoms with Crippen LogP contribution in [0.3, 0.4) is 0 Å². The van der Waals surface area contributed by atoms with Gasteiger partial charge in [0.1, 0.15) is 0 Å². The van der Waals surface area contributed by atoms with E-state index in [1.165, 1.54) is 34.6 Å². The van der Waals surface area contributed by atoms with Gasteiger partial charge in [0.15, 0.2) is 0 Å². The van der Waals surface area contributed by atoms with Crippen LogP contribution in [0.1, 0.15) is 40.4 Å². The minimum absolute atomic E-state index is 0.119. The molecule has 5 nitrogen and oxygen atoms in total. The molecule has 3 rings (SSSR count). The number of benzene rings is 1. The van der Waals surface area contributed by atoms with Gasteiger partial charge in [-0.2, -0.15) is 0 Å². The first-order valence-electron chi connectivity index (χ1n) is 8.80. The third-order valence-corrected chi connectivity index (χ3v) is 4.85. The smallest absolute Gasteiger partial charge is 0.252 e. The van der Waals surface area contributed by atoms with Crippen LogP contribution in [0.4, 0.5) is 0 Å². The zero-order valence-corrected chi connectivity index (χ0v) is 14.9. The summed E-state index contributed by atoms with van der Waals surface area (Å²) in [6.07, 6.45) is 3.99. The lowest BCUT2D eigenvalue weighted by Gasteiger charge is -2.28. The Labute approximate surface area is 148 Å². The Kier molecular flexibility index (Phi) is 5.34. The number of hydrogen-bond donors (Lipinski definition) is 1. The summed E-state index contributed by atoms with van der Waals surface area (Å²) in [5.74, 6) is -0.146. The van der Waals surface area contributed by atoms with Crippen molar-refractivity contribution >= 4 is 5.91 Å². The Balaban J connectivity index is 1.73. The second-order valence-electron chi connectivity index (χ2n) is 6.75. The number of aryl methyl sites for hydroxylation is 2. The van der Waals surface area contributed by atoms with E-state index in [4.69, 9.17) is 0 Å². The lowest BCUT2D eigenvalue weighted by atomic mass is 10.0. The van der Waals surface area contributed by atoms with E-state index in [0.717, 1.165) is 13.1 Å². The Morgan fingerprint density at radius 3 is 2.44 bits per heavy atom. The maximum absolute atomic E-state index is 12.5. The topological polar surface area (TPSA) is 54.3 Å². The summed E-state index contributed by atoms with van der Waals surface area (Å²) in [4.78, 5) is 26.4. The zero-order chi connectivity index (χ0) is 17.8. The van der Waals surface area contributed by atoms with Crippen molar-refractivity contribution in [3.05, 3.63) is 69.6 Å². The van der Waals surface area contributed by atoms with Crippen molar-refractivity contribution in [1.29, 1.82) is 0 Å². The van der Waals surface area contributed by atoms with Crippen molar-refractivity contribution in [2.75, 3.05) is 19.6 Å². The van der Waals surface area contributed by atoms with Gasteiger partial charge in [0, 0.05) is 25.9 Å². The summed E-state index contributed by atoms with van der Waals surface area (Å²) in [5, 5.41) is 3.04. The van der Waals surface area contributed by atoms with Crippen LogP contribution in [0.25, 0.3) is 0 Å². The SMILES string of the molecule is Cc1ccc([C@H](CNC(=O)c2ccc(=O)n(C)c2)N2CCCC2)cc1. The van der Waals surface area contributed by atoms with Crippen molar-refractivity contribution in [2.24, 2.45) is 7.05 Å². The molecule has 1 aromatic carbocycles. The van der Waals surface area contributed by atoms with Gasteiger partial charge in [0.05, 0.1) is 11.6 Å². The molecule has 0 unspecified atom stereocenters. The average molecular weight is 339 g/mol. The Morgan fingerprint density at radius 1 is 1.12 bits per heavy atom. The third kappa shape index (κ3) is 4.17. The first kappa shape index (κ1) is 17.4. The van der Waals surface area contributed by atoms with E-state index >= 15 is 0 Å². The summed E-state index contributed by atoms with van der Waals surface area (Å²) in [7, 11) is 1.65. The number of nitrogens with one attached hydrogen (secondary N) is 1. The molecule has 1 amide bonds. The first-order chi connectivity index (χ1) is 12.0. The van der Waals surface area contributed by atoms with Crippen molar-refractivity contribution in [2.45, 2.75) is 25.8 Å². The third-order valence-electron chi connectivity index (χ3n) is 4.85. The van der Waals surface area contributed by atoms with Crippen LogP contribution >= 0.6 is 0 Å². The second kappa shape index (κ2) is 7.66. The van der Waals surface area contributed by atoms with Crippen molar-refractivity contribution < 1.29 is 4.79 Å². The molecule has 1 aliphatic heterocycles. The summed E-state index contributed by atoms with van der Waals surface area (Å²) in [6, 6.07) is 11.7. The van der Waals surface area contributed by atoms with E-state index < -0.39 is 0 Å². The first-order valence-corrected chi connectivity index (χ1v) is 8.80. The largest absolute Gasteiger partial charge is 0.350 e. The lowest BCUT2D eigenvalue weighted by molar-refractivity contribution is 0.0937. The van der Waals surface area contributed by atoms with Crippen LogP contribution in [-0.2, 0) is 7.05 Å². The van der Waals surface area contributed by atoms with Gasteiger partial charge in [0.2, 0.25) is 5.56 Å². The van der Waals surface area contributed by atoms with E-state index in [2.05, 4.69) is 41.4 Å². The molecule has 0 spiro atoms. The van der Waals surface area contributed by atoms with Gasteiger partial charge in [-0.05, 0) is 44.5 Å². The van der Waals surface area contributed by atoms with Crippen molar-refractivity contribution in [3.8, 4) is 0 Å². The Bertz CT molecular complexity index is 789. The number of nitrogens with zero attached hydrogens (tertiary/aromatic N) is 2. The van der Waals surface area contributed by atoms with E-state index in [1.54, 1.807) is 19.3 Å². The molecule has 0 radical (unpaired) electrons. The fraction of sp³-hybridized carbons (Fsp3) is 0.400. The normalized spacial score (nSPS) is 15.9. The quantitative estimate of drug-likeness (QED) is 0.909. The fourth-order valence-electron chi connectivity index (χ4n) is 3.32. The second-order valence-corrected chi connectivity index (χ2v) is 6.75. The molecule has 0 aliphatic carbocycles. The highest BCUT2D eigenvalue weighted by atomic mass is 16.2. The van der Waals surface area contributed by atoms with Gasteiger partial charge in [0.25, 0.3) is 5.91 Å². The molecular weight excluding hydrogens is 314 g/mol. The van der Waals surface area contributed by atoms with Crippen molar-refractivity contribution in [1.82, 2.24) is 14.8 Å². The van der Waals surface area contributed by atoms with Crippen molar-refractivity contribution in [3.63, 3.8) is 0 Å². The summed E-state index contributed by atoms with van der Waals surface area (Å²) in [5.41, 5.74) is 2.85. The Hall–Kier alpha value is -2.40. The van der Waals surface area contributed by atoms with Gasteiger partial charge in [-0.25, -0.2) is 0 Å². The highest BCUT2D eigenvalue weighted by Gasteiger charge is 2.24. The molecule has 2 aromatic rings. The van der Waals surface area contributed by atoms with Crippen LogP contribution in [0.5, 0.6) is 0 Å². The Morgan fingerprint density at radius 2 is 1.80 bits per heavy atom. The van der Waals surface area contributed by atoms with Gasteiger partial charge in [-0.1, -0.05) is 29.8 Å². The summed E-state index contributed by atoms with van der Waals surface area (Å²) >= 11 is 0. The van der Waals surface area contributed by atoms with Gasteiger partial charge in [-0.3, -0.25) is 14.5 Å². The number of rotatable bonds is 5. The molecule has 1 N–H and O–H groups in total. The molecule has 0 saturated carbocycles. The monoisotopic (exact) mass is 339 g/mol. The van der Waals surface area contributed by atoms with Crippen LogP contribution in [-0.4, -0.2) is 35.0 Å². The number of carbonyl (C=O) groups is 1. The number of pyridine rings is 1. The zero-order valence-electron chi connectivity index (χ0n) is 14.9. The van der Waals surface area contributed by atoms with Crippen LogP contribution in [0.15, 0.2) is 47.4 Å². The molecule has 5 heteroatoms. The summed E-state index contributed by atoms with van der Waals surface area (Å²) in [6.45, 7) is 4.77. The molecule has 0 bridgehead atoms. The van der Waals surface area contributed by atoms with Gasteiger partial charge in [-0.15, -0.1) is 0 Å². The van der Waals surface area contributed by atoms with Crippen LogP contribution in [0, 0.1) is 6.92 Å². The maximum atomic E-state index is 12.5. The van der Waals surface area contributed by atoms with Gasteiger partial charge >= 0.3 is 0 Å². The predicted octanol–water partition coefficient (Wildman–Crippen LogP) is 2.26. The lowest BCUT2D eigenvalue weighted by Crippen LogP contribution is -2.37. The molecule has 25 heavy (non-hydrogen) atoms. The van der Waals surface area contributed by atoms with E-state index in [0.29, 0.717) is 12.1 Å². The van der Waals surface area contributed by atoms with Crippen LogP contribution in [0.2, 0.25) is 0 Å². The molecule has 1 fully saturated rings. The highest BCUT2D eigenvalue weighted by molar-refractivity contribution is 5.93. The fourth-order valence-corrected chi connectivity index (χ4v) is 3.32. The number of carbonyl (C=O) groups excluding carboxylic acids is 1. The van der Waals surface area contributed by atoms with Crippen LogP contribution < -0.4 is 10.9 Å². The number of aromatic nitrogens is 1. The van der Waals surface area contributed by atoms with Gasteiger partial charge < -0.3 is 9.88 Å². The minimum atomic E-state index is -0.146. The molecule has 1 atom stereocenters. The molecule has 132 valence electrons. The predicted molar refractivity (Wildman–Crippen MR) is 98.7 cm³/mol.